The summed E-state index contributed by atoms with van der Waals surface area (Å²) in [5, 5.41) is 12.2. The SMILES string of the molecule is CCOC(=O)N1CCN(c2cc(C)nc(Nc3cccc(C#N)c3)n2)CC1. The Morgan fingerprint density at radius 3 is 2.74 bits per heavy atom. The summed E-state index contributed by atoms with van der Waals surface area (Å²) in [7, 11) is 0. The van der Waals surface area contributed by atoms with Crippen molar-refractivity contribution in [1.82, 2.24) is 14.9 Å². The van der Waals surface area contributed by atoms with Crippen LogP contribution in [0.15, 0.2) is 30.3 Å². The molecule has 1 saturated heterocycles. The molecule has 1 N–H and O–H groups in total. The topological polar surface area (TPSA) is 94.4 Å². The molecule has 8 nitrogen and oxygen atoms in total. The highest BCUT2D eigenvalue weighted by Crippen LogP contribution is 2.20. The Kier molecular flexibility index (Phi) is 5.71. The Hall–Kier alpha value is -3.34. The van der Waals surface area contributed by atoms with Crippen LogP contribution in [0.4, 0.5) is 22.2 Å². The summed E-state index contributed by atoms with van der Waals surface area (Å²) in [5.74, 6) is 1.29. The predicted octanol–water partition coefficient (Wildman–Crippen LogP) is 2.68. The first-order valence-corrected chi connectivity index (χ1v) is 8.88. The lowest BCUT2D eigenvalue weighted by Crippen LogP contribution is -2.49. The molecule has 1 fully saturated rings. The van der Waals surface area contributed by atoms with E-state index in [1.54, 1.807) is 24.0 Å². The molecule has 1 aliphatic heterocycles. The van der Waals surface area contributed by atoms with Crippen LogP contribution >= 0.6 is 0 Å². The van der Waals surface area contributed by atoms with E-state index in [9.17, 15) is 4.79 Å². The maximum absolute atomic E-state index is 11.8. The van der Waals surface area contributed by atoms with Gasteiger partial charge in [-0.1, -0.05) is 6.07 Å². The summed E-state index contributed by atoms with van der Waals surface area (Å²) >= 11 is 0. The fraction of sp³-hybridized carbons (Fsp3) is 0.368. The fourth-order valence-electron chi connectivity index (χ4n) is 2.90. The van der Waals surface area contributed by atoms with E-state index in [1.807, 2.05) is 25.1 Å². The predicted molar refractivity (Wildman–Crippen MR) is 102 cm³/mol. The quantitative estimate of drug-likeness (QED) is 0.889. The van der Waals surface area contributed by atoms with Crippen LogP contribution < -0.4 is 10.2 Å². The zero-order valence-electron chi connectivity index (χ0n) is 15.5. The monoisotopic (exact) mass is 366 g/mol. The average molecular weight is 366 g/mol. The summed E-state index contributed by atoms with van der Waals surface area (Å²) in [6.45, 7) is 6.64. The Labute approximate surface area is 158 Å². The molecule has 1 aromatic heterocycles. The van der Waals surface area contributed by atoms with Crippen molar-refractivity contribution in [3.8, 4) is 6.07 Å². The summed E-state index contributed by atoms with van der Waals surface area (Å²) in [4.78, 5) is 24.7. The molecule has 2 heterocycles. The summed E-state index contributed by atoms with van der Waals surface area (Å²) in [6, 6.07) is 11.2. The number of hydrogen-bond acceptors (Lipinski definition) is 7. The number of aryl methyl sites for hydroxylation is 1. The van der Waals surface area contributed by atoms with Crippen LogP contribution in [0.1, 0.15) is 18.2 Å². The third-order valence-electron chi connectivity index (χ3n) is 4.22. The van der Waals surface area contributed by atoms with Gasteiger partial charge in [0.05, 0.1) is 18.2 Å². The second kappa shape index (κ2) is 8.36. The molecule has 2 aromatic rings. The summed E-state index contributed by atoms with van der Waals surface area (Å²) < 4.78 is 5.06. The van der Waals surface area contributed by atoms with E-state index in [1.165, 1.54) is 0 Å². The van der Waals surface area contributed by atoms with E-state index < -0.39 is 0 Å². The molecule has 0 spiro atoms. The van der Waals surface area contributed by atoms with Gasteiger partial charge < -0.3 is 19.9 Å². The van der Waals surface area contributed by atoms with Crippen LogP contribution in [0, 0.1) is 18.3 Å². The molecule has 1 aliphatic rings. The van der Waals surface area contributed by atoms with Gasteiger partial charge >= 0.3 is 6.09 Å². The van der Waals surface area contributed by atoms with E-state index in [4.69, 9.17) is 10.00 Å². The fourth-order valence-corrected chi connectivity index (χ4v) is 2.90. The first-order valence-electron chi connectivity index (χ1n) is 8.88. The van der Waals surface area contributed by atoms with E-state index in [2.05, 4.69) is 26.3 Å². The molecule has 0 atom stereocenters. The molecule has 1 amide bonds. The number of rotatable bonds is 4. The Morgan fingerprint density at radius 1 is 1.26 bits per heavy atom. The highest BCUT2D eigenvalue weighted by atomic mass is 16.6. The molecule has 3 rings (SSSR count). The van der Waals surface area contributed by atoms with Crippen molar-refractivity contribution in [2.75, 3.05) is 43.0 Å². The number of hydrogen-bond donors (Lipinski definition) is 1. The number of carbonyl (C=O) groups excluding carboxylic acids is 1. The number of aromatic nitrogens is 2. The Morgan fingerprint density at radius 2 is 2.04 bits per heavy atom. The first kappa shape index (κ1) is 18.5. The van der Waals surface area contributed by atoms with Crippen molar-refractivity contribution in [3.63, 3.8) is 0 Å². The number of nitriles is 1. The molecule has 0 bridgehead atoms. The summed E-state index contributed by atoms with van der Waals surface area (Å²) in [6.07, 6.45) is -0.268. The number of carbonyl (C=O) groups is 1. The first-order chi connectivity index (χ1) is 13.1. The molecule has 0 aliphatic carbocycles. The van der Waals surface area contributed by atoms with Gasteiger partial charge in [0.2, 0.25) is 5.95 Å². The lowest BCUT2D eigenvalue weighted by molar-refractivity contribution is 0.105. The lowest BCUT2D eigenvalue weighted by atomic mass is 10.2. The third-order valence-corrected chi connectivity index (χ3v) is 4.22. The van der Waals surface area contributed by atoms with Crippen molar-refractivity contribution < 1.29 is 9.53 Å². The van der Waals surface area contributed by atoms with Crippen LogP contribution in [0.3, 0.4) is 0 Å². The largest absolute Gasteiger partial charge is 0.450 e. The van der Waals surface area contributed by atoms with Crippen molar-refractivity contribution >= 4 is 23.5 Å². The van der Waals surface area contributed by atoms with Crippen molar-refractivity contribution in [1.29, 1.82) is 5.26 Å². The summed E-state index contributed by atoms with van der Waals surface area (Å²) in [5.41, 5.74) is 2.17. The molecule has 140 valence electrons. The van der Waals surface area contributed by atoms with Crippen LogP contribution in [0.2, 0.25) is 0 Å². The van der Waals surface area contributed by atoms with Gasteiger partial charge in [0.15, 0.2) is 0 Å². The molecular formula is C19H22N6O2. The van der Waals surface area contributed by atoms with Crippen molar-refractivity contribution in [2.24, 2.45) is 0 Å². The normalized spacial score (nSPS) is 13.8. The van der Waals surface area contributed by atoms with Crippen LogP contribution in [0.5, 0.6) is 0 Å². The van der Waals surface area contributed by atoms with Crippen LogP contribution in [-0.4, -0.2) is 53.7 Å². The molecule has 8 heteroatoms. The molecule has 27 heavy (non-hydrogen) atoms. The molecule has 0 radical (unpaired) electrons. The molecular weight excluding hydrogens is 344 g/mol. The van der Waals surface area contributed by atoms with Gasteiger partial charge in [-0.2, -0.15) is 10.2 Å². The van der Waals surface area contributed by atoms with E-state index in [-0.39, 0.29) is 6.09 Å². The average Bonchev–Trinajstić information content (AvgIpc) is 2.68. The second-order valence-corrected chi connectivity index (χ2v) is 6.18. The molecule has 1 aromatic carbocycles. The highest BCUT2D eigenvalue weighted by Gasteiger charge is 2.23. The van der Waals surface area contributed by atoms with Crippen LogP contribution in [0.25, 0.3) is 0 Å². The van der Waals surface area contributed by atoms with E-state index in [0.717, 1.165) is 17.2 Å². The van der Waals surface area contributed by atoms with Crippen molar-refractivity contribution in [2.45, 2.75) is 13.8 Å². The van der Waals surface area contributed by atoms with E-state index in [0.29, 0.717) is 44.3 Å². The standard InChI is InChI=1S/C19H22N6O2/c1-3-27-19(26)25-9-7-24(8-10-25)17-11-14(2)21-18(23-17)22-16-6-4-5-15(12-16)13-20/h4-6,11-12H,3,7-10H2,1-2H3,(H,21,22,23). The molecule has 0 unspecified atom stereocenters. The minimum atomic E-state index is -0.268. The van der Waals surface area contributed by atoms with Gasteiger partial charge in [0.25, 0.3) is 0 Å². The highest BCUT2D eigenvalue weighted by molar-refractivity contribution is 5.68. The lowest BCUT2D eigenvalue weighted by Gasteiger charge is -2.34. The second-order valence-electron chi connectivity index (χ2n) is 6.18. The van der Waals surface area contributed by atoms with Gasteiger partial charge in [0, 0.05) is 43.6 Å². The maximum Gasteiger partial charge on any atom is 0.409 e. The smallest absolute Gasteiger partial charge is 0.409 e. The Bertz CT molecular complexity index is 856. The minimum Gasteiger partial charge on any atom is -0.450 e. The number of anilines is 3. The number of piperazine rings is 1. The van der Waals surface area contributed by atoms with Crippen LogP contribution in [-0.2, 0) is 4.74 Å². The maximum atomic E-state index is 11.8. The van der Waals surface area contributed by atoms with Gasteiger partial charge in [-0.3, -0.25) is 0 Å². The third kappa shape index (κ3) is 4.64. The minimum absolute atomic E-state index is 0.268. The Balaban J connectivity index is 1.70. The number of nitrogens with one attached hydrogen (secondary N) is 1. The van der Waals surface area contributed by atoms with Crippen molar-refractivity contribution in [3.05, 3.63) is 41.6 Å². The zero-order chi connectivity index (χ0) is 19.2. The number of benzene rings is 1. The van der Waals surface area contributed by atoms with E-state index >= 15 is 0 Å². The number of ether oxygens (including phenoxy) is 1. The molecule has 0 saturated carbocycles. The van der Waals surface area contributed by atoms with Gasteiger partial charge in [-0.15, -0.1) is 0 Å². The van der Waals surface area contributed by atoms with Gasteiger partial charge in [-0.25, -0.2) is 9.78 Å². The van der Waals surface area contributed by atoms with Gasteiger partial charge in [-0.05, 0) is 32.0 Å². The number of nitrogens with zero attached hydrogens (tertiary/aromatic N) is 5. The zero-order valence-corrected chi connectivity index (χ0v) is 15.5. The number of amides is 1. The van der Waals surface area contributed by atoms with Gasteiger partial charge in [0.1, 0.15) is 5.82 Å².